The van der Waals surface area contributed by atoms with Gasteiger partial charge in [-0.25, -0.2) is 0 Å². The maximum Gasteiger partial charge on any atom is 0.230 e. The van der Waals surface area contributed by atoms with Crippen molar-refractivity contribution >= 4 is 5.91 Å². The maximum absolute atomic E-state index is 12.7. The molecule has 0 radical (unpaired) electrons. The second-order valence-corrected chi connectivity index (χ2v) is 5.48. The Labute approximate surface area is 108 Å². The lowest BCUT2D eigenvalue weighted by atomic mass is 9.75. The zero-order valence-corrected chi connectivity index (χ0v) is 11.1. The summed E-state index contributed by atoms with van der Waals surface area (Å²) < 4.78 is 5.29. The summed E-state index contributed by atoms with van der Waals surface area (Å²) in [5.41, 5.74) is -0.294. The number of carbonyl (C=O) groups excluding carboxylic acids is 1. The fourth-order valence-electron chi connectivity index (χ4n) is 2.86. The Morgan fingerprint density at radius 1 is 1.61 bits per heavy atom. The molecule has 100 valence electrons. The number of nitrogens with one attached hydrogen (secondary N) is 1. The highest BCUT2D eigenvalue weighted by Crippen LogP contribution is 2.36. The van der Waals surface area contributed by atoms with Crippen LogP contribution in [0, 0.1) is 22.7 Å². The van der Waals surface area contributed by atoms with E-state index in [1.807, 2.05) is 4.90 Å². The monoisotopic (exact) mass is 251 g/mol. The summed E-state index contributed by atoms with van der Waals surface area (Å²) in [5.74, 6) is 0.495. The summed E-state index contributed by atoms with van der Waals surface area (Å²) in [6.45, 7) is 7.33. The van der Waals surface area contributed by atoms with E-state index in [9.17, 15) is 4.79 Å². The van der Waals surface area contributed by atoms with Gasteiger partial charge in [0, 0.05) is 13.1 Å². The molecule has 2 unspecified atom stereocenters. The zero-order valence-electron chi connectivity index (χ0n) is 11.1. The van der Waals surface area contributed by atoms with E-state index in [0.29, 0.717) is 25.6 Å². The van der Waals surface area contributed by atoms with Crippen molar-refractivity contribution < 1.29 is 9.53 Å². The van der Waals surface area contributed by atoms with E-state index in [0.717, 1.165) is 19.5 Å². The van der Waals surface area contributed by atoms with Gasteiger partial charge in [-0.1, -0.05) is 13.8 Å². The normalized spacial score (nSPS) is 32.6. The van der Waals surface area contributed by atoms with Crippen molar-refractivity contribution in [3.05, 3.63) is 0 Å². The molecule has 2 rings (SSSR count). The van der Waals surface area contributed by atoms with Crippen LogP contribution in [0.4, 0.5) is 0 Å². The molecular weight excluding hydrogens is 230 g/mol. The van der Waals surface area contributed by atoms with E-state index in [1.54, 1.807) is 0 Å². The third-order valence-corrected chi connectivity index (χ3v) is 4.22. The first kappa shape index (κ1) is 13.3. The molecule has 0 aromatic rings. The second-order valence-electron chi connectivity index (χ2n) is 5.48. The van der Waals surface area contributed by atoms with Crippen molar-refractivity contribution in [3.63, 3.8) is 0 Å². The molecule has 2 aliphatic heterocycles. The van der Waals surface area contributed by atoms with Gasteiger partial charge in [0.15, 0.2) is 6.10 Å². The first-order valence-corrected chi connectivity index (χ1v) is 6.61. The van der Waals surface area contributed by atoms with Gasteiger partial charge in [0.2, 0.25) is 5.91 Å². The summed E-state index contributed by atoms with van der Waals surface area (Å²) in [4.78, 5) is 14.6. The molecule has 0 bridgehead atoms. The van der Waals surface area contributed by atoms with E-state index in [4.69, 9.17) is 10.00 Å². The molecule has 1 N–H and O–H groups in total. The first-order valence-electron chi connectivity index (χ1n) is 6.61. The molecule has 18 heavy (non-hydrogen) atoms. The SMILES string of the molecule is CC(C)C1(C(=O)N2CCOC(C#N)C2)CCNC1. The van der Waals surface area contributed by atoms with Gasteiger partial charge in [-0.2, -0.15) is 5.26 Å². The second kappa shape index (κ2) is 5.25. The Balaban J connectivity index is 2.12. The number of hydrogen-bond acceptors (Lipinski definition) is 4. The minimum absolute atomic E-state index is 0.186. The highest BCUT2D eigenvalue weighted by atomic mass is 16.5. The zero-order chi connectivity index (χ0) is 13.2. The van der Waals surface area contributed by atoms with Crippen LogP contribution in [0.25, 0.3) is 0 Å². The minimum Gasteiger partial charge on any atom is -0.360 e. The molecule has 0 spiro atoms. The molecule has 5 heteroatoms. The summed E-state index contributed by atoms with van der Waals surface area (Å²) in [6, 6.07) is 2.09. The van der Waals surface area contributed by atoms with E-state index < -0.39 is 6.10 Å². The van der Waals surface area contributed by atoms with Gasteiger partial charge < -0.3 is 15.0 Å². The van der Waals surface area contributed by atoms with E-state index >= 15 is 0 Å². The Hall–Kier alpha value is -1.12. The molecule has 2 aliphatic rings. The fourth-order valence-corrected chi connectivity index (χ4v) is 2.86. The number of carbonyl (C=O) groups is 1. The number of amides is 1. The average Bonchev–Trinajstić information content (AvgIpc) is 2.88. The molecule has 2 saturated heterocycles. The largest absolute Gasteiger partial charge is 0.360 e. The predicted octanol–water partition coefficient (Wildman–Crippen LogP) is 0.373. The van der Waals surface area contributed by atoms with Crippen molar-refractivity contribution in [1.82, 2.24) is 10.2 Å². The van der Waals surface area contributed by atoms with Gasteiger partial charge in [0.1, 0.15) is 0 Å². The number of rotatable bonds is 2. The highest BCUT2D eigenvalue weighted by Gasteiger charge is 2.46. The molecule has 0 aromatic carbocycles. The predicted molar refractivity (Wildman–Crippen MR) is 66.7 cm³/mol. The van der Waals surface area contributed by atoms with Crippen LogP contribution >= 0.6 is 0 Å². The molecule has 0 aromatic heterocycles. The number of morpholine rings is 1. The van der Waals surface area contributed by atoms with Crippen LogP contribution < -0.4 is 5.32 Å². The van der Waals surface area contributed by atoms with Gasteiger partial charge in [0.25, 0.3) is 0 Å². The number of hydrogen-bond donors (Lipinski definition) is 1. The quantitative estimate of drug-likeness (QED) is 0.770. The van der Waals surface area contributed by atoms with E-state index in [2.05, 4.69) is 25.2 Å². The lowest BCUT2D eigenvalue weighted by Gasteiger charge is -2.39. The van der Waals surface area contributed by atoms with Crippen LogP contribution in [0.1, 0.15) is 20.3 Å². The van der Waals surface area contributed by atoms with Crippen LogP contribution in [0.3, 0.4) is 0 Å². The lowest BCUT2D eigenvalue weighted by Crippen LogP contribution is -2.53. The van der Waals surface area contributed by atoms with Gasteiger partial charge in [-0.05, 0) is 18.9 Å². The van der Waals surface area contributed by atoms with Crippen LogP contribution in [-0.4, -0.2) is 49.7 Å². The van der Waals surface area contributed by atoms with Gasteiger partial charge in [-0.3, -0.25) is 4.79 Å². The summed E-state index contributed by atoms with van der Waals surface area (Å²) in [6.07, 6.45) is 0.416. The summed E-state index contributed by atoms with van der Waals surface area (Å²) in [5, 5.41) is 12.2. The first-order chi connectivity index (χ1) is 8.60. The van der Waals surface area contributed by atoms with Crippen LogP contribution in [0.5, 0.6) is 0 Å². The van der Waals surface area contributed by atoms with Crippen molar-refractivity contribution in [2.45, 2.75) is 26.4 Å². The number of ether oxygens (including phenoxy) is 1. The van der Waals surface area contributed by atoms with Crippen LogP contribution in [0.15, 0.2) is 0 Å². The van der Waals surface area contributed by atoms with E-state index in [-0.39, 0.29) is 11.3 Å². The average molecular weight is 251 g/mol. The molecule has 0 aliphatic carbocycles. The molecule has 0 saturated carbocycles. The number of nitriles is 1. The van der Waals surface area contributed by atoms with Crippen LogP contribution in [-0.2, 0) is 9.53 Å². The third-order valence-electron chi connectivity index (χ3n) is 4.22. The van der Waals surface area contributed by atoms with E-state index in [1.165, 1.54) is 0 Å². The van der Waals surface area contributed by atoms with Crippen molar-refractivity contribution in [2.75, 3.05) is 32.8 Å². The van der Waals surface area contributed by atoms with Gasteiger partial charge in [-0.15, -0.1) is 0 Å². The molecule has 2 fully saturated rings. The minimum atomic E-state index is -0.471. The molecule has 5 nitrogen and oxygen atoms in total. The third kappa shape index (κ3) is 2.23. The Bertz CT molecular complexity index is 356. The Morgan fingerprint density at radius 2 is 2.39 bits per heavy atom. The topological polar surface area (TPSA) is 65.4 Å². The summed E-state index contributed by atoms with van der Waals surface area (Å²) >= 11 is 0. The maximum atomic E-state index is 12.7. The summed E-state index contributed by atoms with van der Waals surface area (Å²) in [7, 11) is 0. The van der Waals surface area contributed by atoms with Crippen molar-refractivity contribution in [1.29, 1.82) is 5.26 Å². The lowest BCUT2D eigenvalue weighted by molar-refractivity contribution is -0.149. The van der Waals surface area contributed by atoms with Crippen molar-refractivity contribution in [2.24, 2.45) is 11.3 Å². The number of nitrogens with zero attached hydrogens (tertiary/aromatic N) is 2. The fraction of sp³-hybridized carbons (Fsp3) is 0.846. The van der Waals surface area contributed by atoms with Gasteiger partial charge in [0.05, 0.1) is 24.6 Å². The molecular formula is C13H21N3O2. The molecule has 1 amide bonds. The standard InChI is InChI=1S/C13H21N3O2/c1-10(2)13(3-4-15-9-13)12(17)16-5-6-18-11(7-14)8-16/h10-11,15H,3-6,8-9H2,1-2H3. The highest BCUT2D eigenvalue weighted by molar-refractivity contribution is 5.84. The van der Waals surface area contributed by atoms with Gasteiger partial charge >= 0.3 is 0 Å². The van der Waals surface area contributed by atoms with Crippen LogP contribution in [0.2, 0.25) is 0 Å². The smallest absolute Gasteiger partial charge is 0.230 e. The Morgan fingerprint density at radius 3 is 2.94 bits per heavy atom. The van der Waals surface area contributed by atoms with Crippen molar-refractivity contribution in [3.8, 4) is 6.07 Å². The Kier molecular flexibility index (Phi) is 3.88. The molecule has 2 atom stereocenters. The molecule has 2 heterocycles.